The van der Waals surface area contributed by atoms with Crippen molar-refractivity contribution in [1.29, 1.82) is 0 Å². The lowest BCUT2D eigenvalue weighted by atomic mass is 10.2. The molecule has 0 amide bonds. The van der Waals surface area contributed by atoms with Gasteiger partial charge in [-0.3, -0.25) is 9.97 Å². The Labute approximate surface area is 349 Å². The molecule has 0 saturated heterocycles. The minimum absolute atomic E-state index is 0.183. The van der Waals surface area contributed by atoms with Gasteiger partial charge >= 0.3 is 5.97 Å². The van der Waals surface area contributed by atoms with Crippen LogP contribution in [0.25, 0.3) is 34.1 Å². The van der Waals surface area contributed by atoms with Crippen LogP contribution in [-0.2, 0) is 24.4 Å². The van der Waals surface area contributed by atoms with E-state index < -0.39 is 5.97 Å². The third kappa shape index (κ3) is 9.21. The maximum absolute atomic E-state index is 12.4. The van der Waals surface area contributed by atoms with Crippen LogP contribution >= 0.6 is 0 Å². The fourth-order valence-corrected chi connectivity index (χ4v) is 6.07. The average Bonchev–Trinajstić information content (AvgIpc) is 3.98. The minimum atomic E-state index is -0.512. The molecular formula is C42H42N12O7. The monoisotopic (exact) mass is 826 g/mol. The summed E-state index contributed by atoms with van der Waals surface area (Å²) in [6.07, 6.45) is 9.73. The number of nitrogens with zero attached hydrogens (tertiary/aromatic N) is 10. The molecule has 0 unspecified atom stereocenters. The first-order valence-electron chi connectivity index (χ1n) is 18.9. The van der Waals surface area contributed by atoms with Crippen LogP contribution < -0.4 is 29.6 Å². The van der Waals surface area contributed by atoms with E-state index in [-0.39, 0.29) is 18.8 Å². The van der Waals surface area contributed by atoms with Gasteiger partial charge in [-0.25, -0.2) is 24.7 Å². The van der Waals surface area contributed by atoms with E-state index in [1.54, 1.807) is 76.9 Å². The van der Waals surface area contributed by atoms with Crippen molar-refractivity contribution in [3.63, 3.8) is 0 Å². The van der Waals surface area contributed by atoms with Crippen LogP contribution in [0.3, 0.4) is 0 Å². The van der Waals surface area contributed by atoms with Crippen molar-refractivity contribution in [2.75, 3.05) is 45.7 Å². The minimum Gasteiger partial charge on any atom is -0.493 e. The van der Waals surface area contributed by atoms with Gasteiger partial charge in [0.2, 0.25) is 11.9 Å². The van der Waals surface area contributed by atoms with Gasteiger partial charge < -0.3 is 39.4 Å². The van der Waals surface area contributed by atoms with Gasteiger partial charge in [0.05, 0.1) is 41.7 Å². The molecule has 0 aliphatic rings. The van der Waals surface area contributed by atoms with Crippen LogP contribution in [0, 0.1) is 0 Å². The number of hydrogen-bond acceptors (Lipinski definition) is 17. The highest BCUT2D eigenvalue weighted by Gasteiger charge is 2.20. The zero-order valence-electron chi connectivity index (χ0n) is 33.9. The Hall–Kier alpha value is -7.93. The zero-order chi connectivity index (χ0) is 42.7. The van der Waals surface area contributed by atoms with Crippen molar-refractivity contribution in [3.8, 4) is 45.8 Å². The predicted octanol–water partition coefficient (Wildman–Crippen LogP) is 5.30. The first kappa shape index (κ1) is 41.2. The number of ether oxygens (including phenoxy) is 5. The van der Waals surface area contributed by atoms with Crippen molar-refractivity contribution < 1.29 is 33.6 Å². The highest BCUT2D eigenvalue weighted by Crippen LogP contribution is 2.29. The second-order valence-electron chi connectivity index (χ2n) is 12.9. The summed E-state index contributed by atoms with van der Waals surface area (Å²) in [7, 11) is 6.38. The summed E-state index contributed by atoms with van der Waals surface area (Å²) in [4.78, 5) is 38.5. The fraction of sp³-hybridized carbons (Fsp3) is 0.214. The van der Waals surface area contributed by atoms with E-state index in [2.05, 4.69) is 50.7 Å². The quantitative estimate of drug-likeness (QED) is 0.112. The number of methoxy groups -OCH3 is 4. The highest BCUT2D eigenvalue weighted by molar-refractivity contribution is 5.96. The average molecular weight is 827 g/mol. The highest BCUT2D eigenvalue weighted by atomic mass is 16.5. The second-order valence-corrected chi connectivity index (χ2v) is 12.9. The van der Waals surface area contributed by atoms with E-state index in [9.17, 15) is 9.90 Å². The van der Waals surface area contributed by atoms with Gasteiger partial charge in [-0.15, -0.1) is 10.2 Å². The van der Waals surface area contributed by atoms with E-state index >= 15 is 0 Å². The van der Waals surface area contributed by atoms with Crippen LogP contribution in [0.2, 0.25) is 0 Å². The van der Waals surface area contributed by atoms with Gasteiger partial charge in [-0.2, -0.15) is 9.03 Å². The Morgan fingerprint density at radius 3 is 1.64 bits per heavy atom. The standard InChI is InChI=1S/C22H22N6O4.C20H20N6O3/c1-4-32-21(29)16-13-25-22(24-11-14-7-8-17(30-2)18(10-14)31-3)28-20(16)26-19(27-28)15-6-5-9-23-12-15;1-28-16-6-5-13(8-17(16)29-2)9-22-20-23-11-15(12-27)19-24-18(25-26(19)20)14-4-3-7-21-10-14/h5-10,12-13H,4,11H2,1-3H3,(H,24,25);3-8,10-11,27H,9,12H2,1-2H3,(H,22,23). The number of nitrogens with one attached hydrogen (secondary N) is 2. The fourth-order valence-electron chi connectivity index (χ4n) is 6.07. The van der Waals surface area contributed by atoms with E-state index in [0.29, 0.717) is 76.5 Å². The molecule has 8 aromatic rings. The lowest BCUT2D eigenvalue weighted by Crippen LogP contribution is -2.12. The first-order valence-corrected chi connectivity index (χ1v) is 18.9. The van der Waals surface area contributed by atoms with Crippen molar-refractivity contribution in [2.24, 2.45) is 0 Å². The summed E-state index contributed by atoms with van der Waals surface area (Å²) < 4.78 is 29.5. The number of anilines is 2. The molecule has 0 spiro atoms. The number of aliphatic hydroxyl groups excluding tert-OH is 1. The molecule has 0 aliphatic carbocycles. The molecule has 0 aliphatic heterocycles. The molecule has 2 aromatic carbocycles. The number of aliphatic hydroxyl groups is 1. The lowest BCUT2D eigenvalue weighted by molar-refractivity contribution is 0.0527. The number of hydrogen-bond donors (Lipinski definition) is 3. The molecule has 3 N–H and O–H groups in total. The first-order chi connectivity index (χ1) is 29.9. The smallest absolute Gasteiger partial charge is 0.343 e. The van der Waals surface area contributed by atoms with Gasteiger partial charge in [-0.05, 0) is 66.6 Å². The topological polar surface area (TPSA) is 219 Å². The number of pyridine rings is 2. The number of rotatable bonds is 15. The Balaban J connectivity index is 0.000000185. The summed E-state index contributed by atoms with van der Waals surface area (Å²) in [5.74, 6) is 3.94. The van der Waals surface area contributed by atoms with Gasteiger partial charge in [0.15, 0.2) is 45.9 Å². The molecule has 0 atom stereocenters. The lowest BCUT2D eigenvalue weighted by Gasteiger charge is -2.11. The molecule has 0 fully saturated rings. The number of carbonyl (C=O) groups is 1. The van der Waals surface area contributed by atoms with Gasteiger partial charge in [0, 0.05) is 67.0 Å². The summed E-state index contributed by atoms with van der Waals surface area (Å²) in [5.41, 5.74) is 5.12. The Bertz CT molecular complexity index is 2750. The molecule has 61 heavy (non-hydrogen) atoms. The Morgan fingerprint density at radius 1 is 0.656 bits per heavy atom. The van der Waals surface area contributed by atoms with Crippen LogP contribution in [0.5, 0.6) is 23.0 Å². The molecule has 6 heterocycles. The van der Waals surface area contributed by atoms with Gasteiger partial charge in [-0.1, -0.05) is 12.1 Å². The number of aromatic nitrogens is 10. The normalized spacial score (nSPS) is 10.8. The third-order valence-corrected chi connectivity index (χ3v) is 9.10. The Kier molecular flexibility index (Phi) is 13.0. The molecule has 0 saturated carbocycles. The van der Waals surface area contributed by atoms with Gasteiger partial charge in [0.25, 0.3) is 0 Å². The van der Waals surface area contributed by atoms with Crippen LogP contribution in [0.4, 0.5) is 11.9 Å². The molecule has 6 aromatic heterocycles. The second kappa shape index (κ2) is 19.2. The maximum atomic E-state index is 12.4. The SMILES string of the molecule is CCOC(=O)c1cnc(NCc2ccc(OC)c(OC)c2)n2nc(-c3cccnc3)nc12.COc1ccc(CNc2ncc(CO)c3nc(-c4cccnc4)nn23)cc1OC. The van der Waals surface area contributed by atoms with Gasteiger partial charge in [0.1, 0.15) is 5.56 Å². The zero-order valence-corrected chi connectivity index (χ0v) is 33.9. The third-order valence-electron chi connectivity index (χ3n) is 9.10. The van der Waals surface area contributed by atoms with E-state index in [1.807, 2.05) is 54.6 Å². The molecule has 8 rings (SSSR count). The van der Waals surface area contributed by atoms with Crippen molar-refractivity contribution in [3.05, 3.63) is 120 Å². The molecule has 0 radical (unpaired) electrons. The van der Waals surface area contributed by atoms with Crippen LogP contribution in [0.15, 0.2) is 97.8 Å². The number of esters is 1. The van der Waals surface area contributed by atoms with E-state index in [0.717, 1.165) is 22.3 Å². The number of fused-ring (bicyclic) bond motifs is 2. The van der Waals surface area contributed by atoms with Crippen LogP contribution in [-0.4, -0.2) is 95.3 Å². The maximum Gasteiger partial charge on any atom is 0.343 e. The molecular weight excluding hydrogens is 785 g/mol. The molecule has 19 heteroatoms. The van der Waals surface area contributed by atoms with Crippen LogP contribution in [0.1, 0.15) is 34.0 Å². The number of benzene rings is 2. The predicted molar refractivity (Wildman–Crippen MR) is 224 cm³/mol. The summed E-state index contributed by atoms with van der Waals surface area (Å²) in [5, 5.41) is 25.2. The number of carbonyl (C=O) groups excluding carboxylic acids is 1. The summed E-state index contributed by atoms with van der Waals surface area (Å²) in [6.45, 7) is 2.73. The van der Waals surface area contributed by atoms with Crippen molar-refractivity contribution in [2.45, 2.75) is 26.6 Å². The Morgan fingerprint density at radius 2 is 1.16 bits per heavy atom. The van der Waals surface area contributed by atoms with Crippen molar-refractivity contribution >= 4 is 29.2 Å². The van der Waals surface area contributed by atoms with E-state index in [1.165, 1.54) is 10.7 Å². The molecule has 0 bridgehead atoms. The summed E-state index contributed by atoms with van der Waals surface area (Å²) >= 11 is 0. The van der Waals surface area contributed by atoms with E-state index in [4.69, 9.17) is 23.7 Å². The molecule has 312 valence electrons. The summed E-state index contributed by atoms with van der Waals surface area (Å²) in [6, 6.07) is 18.6. The largest absolute Gasteiger partial charge is 0.493 e. The van der Waals surface area contributed by atoms with Crippen molar-refractivity contribution in [1.82, 2.24) is 49.1 Å². The molecule has 19 nitrogen and oxygen atoms in total.